The summed E-state index contributed by atoms with van der Waals surface area (Å²) >= 11 is 0. The van der Waals surface area contributed by atoms with Crippen molar-refractivity contribution in [1.29, 1.82) is 0 Å². The molecule has 1 N–H and O–H groups in total. The van der Waals surface area contributed by atoms with E-state index in [1.165, 1.54) is 26.2 Å². The van der Waals surface area contributed by atoms with E-state index < -0.39 is 23.5 Å². The quantitative estimate of drug-likeness (QED) is 0.295. The van der Waals surface area contributed by atoms with Crippen LogP contribution in [-0.2, 0) is 9.59 Å². The van der Waals surface area contributed by atoms with Gasteiger partial charge < -0.3 is 33.9 Å². The zero-order valence-corrected chi connectivity index (χ0v) is 21.8. The first-order valence-corrected chi connectivity index (χ1v) is 11.7. The Morgan fingerprint density at radius 1 is 1.00 bits per heavy atom. The molecule has 1 saturated heterocycles. The number of benzene rings is 2. The standard InChI is InChI=1S/C27H34N2O7/c1-16(2)36-19-10-8-17(9-11-19)24(30)22-23(29(13-12-28(3)4)27(32)25(22)31)18-14-20(33-5)26(35-7)21(15-18)34-6/h8-11,14-16,23,30H,12-13H2,1-7H3/b24-22+. The first kappa shape index (κ1) is 26.9. The Labute approximate surface area is 211 Å². The molecular formula is C27H34N2O7. The molecule has 0 spiro atoms. The van der Waals surface area contributed by atoms with E-state index in [2.05, 4.69) is 0 Å². The van der Waals surface area contributed by atoms with Gasteiger partial charge in [0.15, 0.2) is 11.5 Å². The maximum Gasteiger partial charge on any atom is 0.295 e. The number of quaternary nitrogens is 1. The fourth-order valence-electron chi connectivity index (χ4n) is 4.16. The van der Waals surface area contributed by atoms with Crippen molar-refractivity contribution in [1.82, 2.24) is 4.90 Å². The lowest BCUT2D eigenvalue weighted by Crippen LogP contribution is -3.06. The second-order valence-corrected chi connectivity index (χ2v) is 9.08. The molecule has 9 heteroatoms. The van der Waals surface area contributed by atoms with E-state index in [4.69, 9.17) is 18.9 Å². The highest BCUT2D eigenvalue weighted by Crippen LogP contribution is 2.45. The molecule has 1 heterocycles. The smallest absolute Gasteiger partial charge is 0.295 e. The zero-order valence-electron chi connectivity index (χ0n) is 21.8. The van der Waals surface area contributed by atoms with Gasteiger partial charge >= 0.3 is 0 Å². The Bertz CT molecular complexity index is 1110. The summed E-state index contributed by atoms with van der Waals surface area (Å²) in [6.07, 6.45) is -0.0215. The molecule has 1 unspecified atom stereocenters. The lowest BCUT2D eigenvalue weighted by molar-refractivity contribution is -0.857. The van der Waals surface area contributed by atoms with Crippen LogP contribution >= 0.6 is 0 Å². The third-order valence-electron chi connectivity index (χ3n) is 5.87. The number of likely N-dealkylation sites (tertiary alicyclic amines) is 1. The molecule has 36 heavy (non-hydrogen) atoms. The molecular weight excluding hydrogens is 464 g/mol. The van der Waals surface area contributed by atoms with Crippen molar-refractivity contribution in [3.8, 4) is 23.0 Å². The third-order valence-corrected chi connectivity index (χ3v) is 5.87. The van der Waals surface area contributed by atoms with Crippen molar-refractivity contribution in [2.24, 2.45) is 0 Å². The number of ketones is 1. The van der Waals surface area contributed by atoms with Gasteiger partial charge in [-0.3, -0.25) is 9.59 Å². The minimum absolute atomic E-state index is 0.0215. The van der Waals surface area contributed by atoms with E-state index in [1.807, 2.05) is 27.9 Å². The first-order valence-electron chi connectivity index (χ1n) is 11.7. The second kappa shape index (κ2) is 11.3. The summed E-state index contributed by atoms with van der Waals surface area (Å²) < 4.78 is 22.0. The Morgan fingerprint density at radius 2 is 1.58 bits per heavy atom. The second-order valence-electron chi connectivity index (χ2n) is 9.08. The number of nitrogens with one attached hydrogen (secondary N) is 1. The number of carbonyl (C=O) groups is 2. The highest BCUT2D eigenvalue weighted by Gasteiger charge is 2.45. The number of methoxy groups -OCH3 is 3. The number of amides is 1. The predicted octanol–water partition coefficient (Wildman–Crippen LogP) is 0.868. The third kappa shape index (κ3) is 5.41. The molecule has 0 aliphatic carbocycles. The zero-order chi connectivity index (χ0) is 26.6. The number of carbonyl (C=O) groups excluding carboxylic acids is 2. The van der Waals surface area contributed by atoms with Crippen molar-refractivity contribution in [2.75, 3.05) is 48.5 Å². The Hall–Kier alpha value is -3.72. The predicted molar refractivity (Wildman–Crippen MR) is 132 cm³/mol. The monoisotopic (exact) mass is 498 g/mol. The minimum Gasteiger partial charge on any atom is -0.872 e. The molecule has 0 bridgehead atoms. The van der Waals surface area contributed by atoms with E-state index in [0.29, 0.717) is 40.7 Å². The van der Waals surface area contributed by atoms with Gasteiger partial charge in [0.2, 0.25) is 11.5 Å². The number of hydrogen-bond acceptors (Lipinski definition) is 7. The van der Waals surface area contributed by atoms with Gasteiger partial charge in [-0.05, 0) is 49.2 Å². The average Bonchev–Trinajstić information content (AvgIpc) is 3.10. The fourth-order valence-corrected chi connectivity index (χ4v) is 4.16. The SMILES string of the molecule is COc1cc(C2/C(=C(\[O-])c3ccc(OC(C)C)cc3)C(=O)C(=O)N2CC[NH+](C)C)cc(OC)c1OC. The summed E-state index contributed by atoms with van der Waals surface area (Å²) in [6.45, 7) is 4.68. The molecule has 1 aliphatic rings. The summed E-state index contributed by atoms with van der Waals surface area (Å²) in [7, 11) is 8.36. The Morgan fingerprint density at radius 3 is 2.06 bits per heavy atom. The number of nitrogens with zero attached hydrogens (tertiary/aromatic N) is 1. The van der Waals surface area contributed by atoms with Gasteiger partial charge in [-0.2, -0.15) is 0 Å². The lowest BCUT2D eigenvalue weighted by atomic mass is 9.94. The Balaban J connectivity index is 2.19. The van der Waals surface area contributed by atoms with E-state index in [-0.39, 0.29) is 18.2 Å². The fraction of sp³-hybridized carbons (Fsp3) is 0.407. The highest BCUT2D eigenvalue weighted by molar-refractivity contribution is 6.46. The Kier molecular flexibility index (Phi) is 8.47. The van der Waals surface area contributed by atoms with Crippen LogP contribution in [0.15, 0.2) is 42.0 Å². The first-order chi connectivity index (χ1) is 17.1. The molecule has 2 aromatic rings. The molecule has 0 radical (unpaired) electrons. The summed E-state index contributed by atoms with van der Waals surface area (Å²) in [5, 5.41) is 13.7. The summed E-state index contributed by atoms with van der Waals surface area (Å²) in [6, 6.07) is 8.98. The number of rotatable bonds is 10. The van der Waals surface area contributed by atoms with Crippen molar-refractivity contribution in [3.05, 3.63) is 53.1 Å². The molecule has 1 atom stereocenters. The van der Waals surface area contributed by atoms with Crippen molar-refractivity contribution >= 4 is 17.4 Å². The maximum atomic E-state index is 13.7. The maximum absolute atomic E-state index is 13.7. The van der Waals surface area contributed by atoms with Crippen LogP contribution in [-0.4, -0.2) is 71.2 Å². The minimum atomic E-state index is -0.905. The van der Waals surface area contributed by atoms with Crippen molar-refractivity contribution in [2.45, 2.75) is 26.0 Å². The van der Waals surface area contributed by atoms with Gasteiger partial charge in [0, 0.05) is 5.57 Å². The van der Waals surface area contributed by atoms with Gasteiger partial charge in [-0.15, -0.1) is 0 Å². The normalized spacial score (nSPS) is 17.1. The number of ether oxygens (including phenoxy) is 4. The van der Waals surface area contributed by atoms with Crippen molar-refractivity contribution < 1.29 is 38.5 Å². The molecule has 9 nitrogen and oxygen atoms in total. The van der Waals surface area contributed by atoms with Crippen LogP contribution in [0.3, 0.4) is 0 Å². The van der Waals surface area contributed by atoms with Crippen LogP contribution in [0.4, 0.5) is 0 Å². The number of likely N-dealkylation sites (N-methyl/N-ethyl adjacent to an activating group) is 1. The largest absolute Gasteiger partial charge is 0.872 e. The van der Waals surface area contributed by atoms with Crippen LogP contribution < -0.4 is 29.0 Å². The van der Waals surface area contributed by atoms with Gasteiger partial charge in [0.05, 0.1) is 60.7 Å². The molecule has 194 valence electrons. The van der Waals surface area contributed by atoms with E-state index in [9.17, 15) is 14.7 Å². The van der Waals surface area contributed by atoms with Gasteiger partial charge in [-0.25, -0.2) is 0 Å². The summed E-state index contributed by atoms with van der Waals surface area (Å²) in [5.41, 5.74) is 0.695. The van der Waals surface area contributed by atoms with E-state index in [0.717, 1.165) is 4.90 Å². The van der Waals surface area contributed by atoms with Gasteiger partial charge in [0.25, 0.3) is 5.91 Å². The van der Waals surface area contributed by atoms with E-state index >= 15 is 0 Å². The van der Waals surface area contributed by atoms with E-state index in [1.54, 1.807) is 36.4 Å². The van der Waals surface area contributed by atoms with Crippen LogP contribution in [0.2, 0.25) is 0 Å². The summed E-state index contributed by atoms with van der Waals surface area (Å²) in [5.74, 6) is -0.330. The lowest BCUT2D eigenvalue weighted by Gasteiger charge is -2.28. The van der Waals surface area contributed by atoms with Crippen LogP contribution in [0, 0.1) is 0 Å². The van der Waals surface area contributed by atoms with Crippen LogP contribution in [0.25, 0.3) is 5.76 Å². The number of hydrogen-bond donors (Lipinski definition) is 1. The topological polar surface area (TPSA) is 102 Å². The van der Waals surface area contributed by atoms with Crippen molar-refractivity contribution in [3.63, 3.8) is 0 Å². The van der Waals surface area contributed by atoms with Crippen LogP contribution in [0.5, 0.6) is 23.0 Å². The average molecular weight is 499 g/mol. The van der Waals surface area contributed by atoms with Crippen LogP contribution in [0.1, 0.15) is 31.0 Å². The molecule has 3 rings (SSSR count). The highest BCUT2D eigenvalue weighted by atomic mass is 16.5. The van der Waals surface area contributed by atoms with Gasteiger partial charge in [-0.1, -0.05) is 17.9 Å². The number of Topliss-reactive ketones (excluding diaryl/α,β-unsaturated/α-hetero) is 1. The molecule has 0 saturated carbocycles. The van der Waals surface area contributed by atoms with Gasteiger partial charge in [0.1, 0.15) is 5.75 Å². The molecule has 0 aromatic heterocycles. The summed E-state index contributed by atoms with van der Waals surface area (Å²) in [4.78, 5) is 28.9. The molecule has 1 aliphatic heterocycles. The molecule has 1 amide bonds. The molecule has 1 fully saturated rings. The molecule has 2 aromatic carbocycles.